The number of terminal acetylenes is 1. The number of carbonyl (C=O) groups is 1. The summed E-state index contributed by atoms with van der Waals surface area (Å²) >= 11 is 0. The standard InChI is InChI=1S/C12H20N2O/c1-4-8-13-11-7-6-9-14(12(11)15)10(3)5-2/h2,10-11,13H,4,6-9H2,1,3H3. The summed E-state index contributed by atoms with van der Waals surface area (Å²) in [6.45, 7) is 5.70. The van der Waals surface area contributed by atoms with Crippen molar-refractivity contribution in [2.45, 2.75) is 45.2 Å². The Hall–Kier alpha value is -1.01. The minimum atomic E-state index is -0.0799. The van der Waals surface area contributed by atoms with Gasteiger partial charge in [0.25, 0.3) is 0 Å². The largest absolute Gasteiger partial charge is 0.328 e. The van der Waals surface area contributed by atoms with Crippen LogP contribution in [0.1, 0.15) is 33.1 Å². The van der Waals surface area contributed by atoms with Crippen LogP contribution in [0.5, 0.6) is 0 Å². The van der Waals surface area contributed by atoms with Gasteiger partial charge in [-0.2, -0.15) is 0 Å². The first kappa shape index (κ1) is 12.1. The third-order valence-electron chi connectivity index (χ3n) is 2.82. The molecule has 1 amide bonds. The highest BCUT2D eigenvalue weighted by molar-refractivity contribution is 5.83. The maximum Gasteiger partial charge on any atom is 0.240 e. The topological polar surface area (TPSA) is 32.3 Å². The van der Waals surface area contributed by atoms with E-state index in [1.54, 1.807) is 4.90 Å². The van der Waals surface area contributed by atoms with Gasteiger partial charge in [-0.3, -0.25) is 4.79 Å². The van der Waals surface area contributed by atoms with Gasteiger partial charge in [-0.1, -0.05) is 12.8 Å². The molecule has 2 unspecified atom stereocenters. The molecule has 0 bridgehead atoms. The lowest BCUT2D eigenvalue weighted by Gasteiger charge is -2.34. The molecule has 0 saturated carbocycles. The molecule has 1 N–H and O–H groups in total. The van der Waals surface area contributed by atoms with Crippen LogP contribution in [0.25, 0.3) is 0 Å². The van der Waals surface area contributed by atoms with Gasteiger partial charge in [0.05, 0.1) is 12.1 Å². The number of carbonyl (C=O) groups excluding carboxylic acids is 1. The number of hydrogen-bond acceptors (Lipinski definition) is 2. The lowest BCUT2D eigenvalue weighted by atomic mass is 10.0. The van der Waals surface area contributed by atoms with Crippen LogP contribution in [0.3, 0.4) is 0 Å². The second kappa shape index (κ2) is 5.77. The van der Waals surface area contributed by atoms with E-state index in [0.717, 1.165) is 32.4 Å². The fraction of sp³-hybridized carbons (Fsp3) is 0.750. The highest BCUT2D eigenvalue weighted by Gasteiger charge is 2.30. The molecule has 0 aromatic carbocycles. The van der Waals surface area contributed by atoms with Crippen LogP contribution in [-0.4, -0.2) is 36.0 Å². The second-order valence-electron chi connectivity index (χ2n) is 4.02. The zero-order valence-electron chi connectivity index (χ0n) is 9.62. The number of hydrogen-bond donors (Lipinski definition) is 1. The predicted molar refractivity (Wildman–Crippen MR) is 61.3 cm³/mol. The summed E-state index contributed by atoms with van der Waals surface area (Å²) in [7, 11) is 0. The number of nitrogens with zero attached hydrogens (tertiary/aromatic N) is 1. The molecule has 1 saturated heterocycles. The van der Waals surface area contributed by atoms with Gasteiger partial charge in [0.2, 0.25) is 5.91 Å². The van der Waals surface area contributed by atoms with Crippen molar-refractivity contribution < 1.29 is 4.79 Å². The summed E-state index contributed by atoms with van der Waals surface area (Å²) in [5, 5.41) is 3.27. The van der Waals surface area contributed by atoms with E-state index in [2.05, 4.69) is 18.2 Å². The number of nitrogens with one attached hydrogen (secondary N) is 1. The van der Waals surface area contributed by atoms with Crippen molar-refractivity contribution in [1.82, 2.24) is 10.2 Å². The van der Waals surface area contributed by atoms with Crippen LogP contribution in [-0.2, 0) is 4.79 Å². The molecule has 15 heavy (non-hydrogen) atoms. The van der Waals surface area contributed by atoms with Crippen molar-refractivity contribution in [2.75, 3.05) is 13.1 Å². The molecule has 1 rings (SSSR count). The van der Waals surface area contributed by atoms with E-state index >= 15 is 0 Å². The van der Waals surface area contributed by atoms with Gasteiger partial charge in [-0.25, -0.2) is 0 Å². The summed E-state index contributed by atoms with van der Waals surface area (Å²) in [5.41, 5.74) is 0. The van der Waals surface area contributed by atoms with Gasteiger partial charge in [-0.15, -0.1) is 6.42 Å². The molecular weight excluding hydrogens is 188 g/mol. The van der Waals surface area contributed by atoms with E-state index in [1.807, 2.05) is 6.92 Å². The average molecular weight is 208 g/mol. The van der Waals surface area contributed by atoms with Crippen molar-refractivity contribution in [1.29, 1.82) is 0 Å². The Morgan fingerprint density at radius 2 is 2.47 bits per heavy atom. The Morgan fingerprint density at radius 3 is 3.07 bits per heavy atom. The Balaban J connectivity index is 2.55. The fourth-order valence-electron chi connectivity index (χ4n) is 1.88. The van der Waals surface area contributed by atoms with Crippen LogP contribution >= 0.6 is 0 Å². The summed E-state index contributed by atoms with van der Waals surface area (Å²) < 4.78 is 0. The Kier molecular flexibility index (Phi) is 4.64. The molecule has 0 aromatic rings. The number of likely N-dealkylation sites (tertiary alicyclic amines) is 1. The van der Waals surface area contributed by atoms with Crippen LogP contribution < -0.4 is 5.32 Å². The van der Waals surface area contributed by atoms with E-state index in [-0.39, 0.29) is 18.0 Å². The first-order chi connectivity index (χ1) is 7.20. The summed E-state index contributed by atoms with van der Waals surface area (Å²) in [6, 6.07) is -0.0989. The molecule has 3 nitrogen and oxygen atoms in total. The second-order valence-corrected chi connectivity index (χ2v) is 4.02. The molecule has 3 heteroatoms. The number of piperidine rings is 1. The van der Waals surface area contributed by atoms with Crippen molar-refractivity contribution in [2.24, 2.45) is 0 Å². The van der Waals surface area contributed by atoms with E-state index in [0.29, 0.717) is 0 Å². The molecule has 0 radical (unpaired) electrons. The lowest BCUT2D eigenvalue weighted by molar-refractivity contribution is -0.137. The molecule has 0 spiro atoms. The molecule has 1 fully saturated rings. The summed E-state index contributed by atoms with van der Waals surface area (Å²) in [6.07, 6.45) is 8.37. The van der Waals surface area contributed by atoms with Crippen molar-refractivity contribution in [3.63, 3.8) is 0 Å². The molecular formula is C12H20N2O. The Labute approximate surface area is 92.2 Å². The van der Waals surface area contributed by atoms with Gasteiger partial charge >= 0.3 is 0 Å². The zero-order chi connectivity index (χ0) is 11.3. The van der Waals surface area contributed by atoms with Crippen molar-refractivity contribution in [3.05, 3.63) is 0 Å². The molecule has 0 aromatic heterocycles. The van der Waals surface area contributed by atoms with Crippen LogP contribution in [0, 0.1) is 12.3 Å². The summed E-state index contributed by atoms with van der Waals surface area (Å²) in [4.78, 5) is 13.8. The minimum Gasteiger partial charge on any atom is -0.328 e. The third kappa shape index (κ3) is 2.97. The molecule has 1 aliphatic rings. The molecule has 1 aliphatic heterocycles. The average Bonchev–Trinajstić information content (AvgIpc) is 2.27. The third-order valence-corrected chi connectivity index (χ3v) is 2.82. The SMILES string of the molecule is C#CC(C)N1CCCC(NCCC)C1=O. The maximum absolute atomic E-state index is 12.0. The van der Waals surface area contributed by atoms with E-state index in [4.69, 9.17) is 6.42 Å². The zero-order valence-corrected chi connectivity index (χ0v) is 9.62. The molecule has 84 valence electrons. The first-order valence-corrected chi connectivity index (χ1v) is 5.70. The van der Waals surface area contributed by atoms with Gasteiger partial charge < -0.3 is 10.2 Å². The molecule has 0 aliphatic carbocycles. The smallest absolute Gasteiger partial charge is 0.240 e. The summed E-state index contributed by atoms with van der Waals surface area (Å²) in [5.74, 6) is 2.79. The van der Waals surface area contributed by atoms with E-state index in [9.17, 15) is 4.79 Å². The highest BCUT2D eigenvalue weighted by Crippen LogP contribution is 2.14. The van der Waals surface area contributed by atoms with Gasteiger partial charge in [0.1, 0.15) is 0 Å². The van der Waals surface area contributed by atoms with Crippen molar-refractivity contribution >= 4 is 5.91 Å². The van der Waals surface area contributed by atoms with E-state index < -0.39 is 0 Å². The number of amides is 1. The lowest BCUT2D eigenvalue weighted by Crippen LogP contribution is -2.53. The Morgan fingerprint density at radius 1 is 1.73 bits per heavy atom. The Bertz CT molecular complexity index is 257. The van der Waals surface area contributed by atoms with Gasteiger partial charge in [0.15, 0.2) is 0 Å². The van der Waals surface area contributed by atoms with Crippen molar-refractivity contribution in [3.8, 4) is 12.3 Å². The predicted octanol–water partition coefficient (Wildman–Crippen LogP) is 0.999. The maximum atomic E-state index is 12.0. The normalized spacial score (nSPS) is 23.7. The molecule has 2 atom stereocenters. The monoisotopic (exact) mass is 208 g/mol. The minimum absolute atomic E-state index is 0.0190. The first-order valence-electron chi connectivity index (χ1n) is 5.70. The van der Waals surface area contributed by atoms with Crippen LogP contribution in [0.2, 0.25) is 0 Å². The van der Waals surface area contributed by atoms with E-state index in [1.165, 1.54) is 0 Å². The fourth-order valence-corrected chi connectivity index (χ4v) is 1.88. The molecule has 1 heterocycles. The van der Waals surface area contributed by atoms with Gasteiger partial charge in [-0.05, 0) is 32.7 Å². The highest BCUT2D eigenvalue weighted by atomic mass is 16.2. The number of rotatable bonds is 4. The van der Waals surface area contributed by atoms with Gasteiger partial charge in [0, 0.05) is 6.54 Å². The van der Waals surface area contributed by atoms with Crippen LogP contribution in [0.15, 0.2) is 0 Å². The van der Waals surface area contributed by atoms with Crippen LogP contribution in [0.4, 0.5) is 0 Å². The quantitative estimate of drug-likeness (QED) is 0.699.